The van der Waals surface area contributed by atoms with Crippen LogP contribution in [-0.4, -0.2) is 54.7 Å². The summed E-state index contributed by atoms with van der Waals surface area (Å²) in [5.41, 5.74) is 1.76. The standard InChI is InChI=1S/C29H34N2O5/c1-5-17-31(27-24-16-15-23(36-24)25(27)29(33)34-4)26(19(2)3)28(32)30-21-11-13-22(14-12-21)35-18-20-9-7-6-8-10-20/h5-16,19,23-27H,1,17-18H2,2-4H3,(H,30,32)/t23-,24+,25-,26-,27-/m1/s1. The Morgan fingerprint density at radius 2 is 1.78 bits per heavy atom. The zero-order valence-corrected chi connectivity index (χ0v) is 21.0. The van der Waals surface area contributed by atoms with Gasteiger partial charge in [0.2, 0.25) is 5.91 Å². The summed E-state index contributed by atoms with van der Waals surface area (Å²) in [4.78, 5) is 28.3. The Morgan fingerprint density at radius 1 is 1.08 bits per heavy atom. The Balaban J connectivity index is 1.48. The van der Waals surface area contributed by atoms with Crippen LogP contribution < -0.4 is 10.1 Å². The summed E-state index contributed by atoms with van der Waals surface area (Å²) in [6, 6.07) is 16.5. The van der Waals surface area contributed by atoms with Gasteiger partial charge in [0.1, 0.15) is 18.3 Å². The first-order chi connectivity index (χ1) is 17.4. The number of benzene rings is 2. The summed E-state index contributed by atoms with van der Waals surface area (Å²) < 4.78 is 16.9. The second kappa shape index (κ2) is 11.5. The Labute approximate surface area is 212 Å². The number of hydrogen-bond acceptors (Lipinski definition) is 6. The van der Waals surface area contributed by atoms with E-state index in [0.29, 0.717) is 18.8 Å². The summed E-state index contributed by atoms with van der Waals surface area (Å²) in [7, 11) is 1.38. The van der Waals surface area contributed by atoms with Gasteiger partial charge >= 0.3 is 5.97 Å². The van der Waals surface area contributed by atoms with Gasteiger partial charge in [-0.1, -0.05) is 62.4 Å². The molecule has 2 bridgehead atoms. The Bertz CT molecular complexity index is 1080. The number of carbonyl (C=O) groups is 2. The third kappa shape index (κ3) is 5.53. The lowest BCUT2D eigenvalue weighted by molar-refractivity contribution is -0.149. The highest BCUT2D eigenvalue weighted by Gasteiger charge is 2.54. The monoisotopic (exact) mass is 490 g/mol. The molecule has 36 heavy (non-hydrogen) atoms. The van der Waals surface area contributed by atoms with Gasteiger partial charge in [-0.3, -0.25) is 14.5 Å². The largest absolute Gasteiger partial charge is 0.489 e. The number of ether oxygens (including phenoxy) is 3. The number of methoxy groups -OCH3 is 1. The minimum absolute atomic E-state index is 0.0279. The number of esters is 1. The highest BCUT2D eigenvalue weighted by Crippen LogP contribution is 2.39. The first kappa shape index (κ1) is 25.7. The van der Waals surface area contributed by atoms with Crippen molar-refractivity contribution >= 4 is 17.6 Å². The Hall–Kier alpha value is -3.42. The van der Waals surface area contributed by atoms with Crippen molar-refractivity contribution in [1.82, 2.24) is 4.90 Å². The zero-order valence-electron chi connectivity index (χ0n) is 21.0. The van der Waals surface area contributed by atoms with Gasteiger partial charge in [-0.15, -0.1) is 6.58 Å². The molecule has 0 radical (unpaired) electrons. The minimum Gasteiger partial charge on any atom is -0.489 e. The number of amides is 1. The number of anilines is 1. The highest BCUT2D eigenvalue weighted by molar-refractivity contribution is 5.95. The van der Waals surface area contributed by atoms with Crippen LogP contribution in [0.4, 0.5) is 5.69 Å². The molecule has 0 aromatic heterocycles. The smallest absolute Gasteiger partial charge is 0.313 e. The van der Waals surface area contributed by atoms with Crippen LogP contribution in [-0.2, 0) is 25.7 Å². The molecule has 1 N–H and O–H groups in total. The summed E-state index contributed by atoms with van der Waals surface area (Å²) >= 11 is 0. The quantitative estimate of drug-likeness (QED) is 0.376. The molecule has 2 aliphatic rings. The molecule has 2 heterocycles. The summed E-state index contributed by atoms with van der Waals surface area (Å²) in [5.74, 6) is -0.294. The van der Waals surface area contributed by atoms with Crippen molar-refractivity contribution in [1.29, 1.82) is 0 Å². The maximum atomic E-state index is 13.6. The van der Waals surface area contributed by atoms with E-state index in [4.69, 9.17) is 14.2 Å². The van der Waals surface area contributed by atoms with Crippen LogP contribution in [0, 0.1) is 11.8 Å². The number of nitrogens with zero attached hydrogens (tertiary/aromatic N) is 1. The molecule has 7 heteroatoms. The number of nitrogens with one attached hydrogen (secondary N) is 1. The number of carbonyl (C=O) groups excluding carboxylic acids is 2. The Morgan fingerprint density at radius 3 is 2.42 bits per heavy atom. The van der Waals surface area contributed by atoms with Crippen molar-refractivity contribution in [3.63, 3.8) is 0 Å². The minimum atomic E-state index is -0.509. The van der Waals surface area contributed by atoms with Crippen molar-refractivity contribution < 1.29 is 23.8 Å². The lowest BCUT2D eigenvalue weighted by Gasteiger charge is -2.40. The van der Waals surface area contributed by atoms with E-state index in [-0.39, 0.29) is 36.0 Å². The highest BCUT2D eigenvalue weighted by atomic mass is 16.5. The molecule has 1 saturated heterocycles. The van der Waals surface area contributed by atoms with E-state index in [0.717, 1.165) is 11.3 Å². The molecule has 2 aromatic rings. The SMILES string of the molecule is C=CCN([C@H]1[C@H](C(=O)OC)[C@H]2C=C[C@@H]1O2)[C@@H](C(=O)Nc1ccc(OCc2ccccc2)cc1)C(C)C. The summed E-state index contributed by atoms with van der Waals surface area (Å²) in [5, 5.41) is 3.04. The van der Waals surface area contributed by atoms with Crippen LogP contribution in [0.1, 0.15) is 19.4 Å². The first-order valence-corrected chi connectivity index (χ1v) is 12.3. The summed E-state index contributed by atoms with van der Waals surface area (Å²) in [6.07, 6.45) is 4.99. The van der Waals surface area contributed by atoms with Crippen molar-refractivity contribution in [2.24, 2.45) is 11.8 Å². The molecule has 4 rings (SSSR count). The van der Waals surface area contributed by atoms with Crippen molar-refractivity contribution in [2.45, 2.75) is 44.7 Å². The maximum Gasteiger partial charge on any atom is 0.313 e. The van der Waals surface area contributed by atoms with Gasteiger partial charge < -0.3 is 19.5 Å². The molecule has 0 aliphatic carbocycles. The molecular weight excluding hydrogens is 456 g/mol. The van der Waals surface area contributed by atoms with E-state index < -0.39 is 12.0 Å². The normalized spacial score (nSPS) is 23.0. The fourth-order valence-electron chi connectivity index (χ4n) is 5.09. The van der Waals surface area contributed by atoms with Crippen LogP contribution in [0.15, 0.2) is 79.4 Å². The van der Waals surface area contributed by atoms with Gasteiger partial charge in [0.05, 0.1) is 31.4 Å². The number of fused-ring (bicyclic) bond motifs is 2. The topological polar surface area (TPSA) is 77.1 Å². The van der Waals surface area contributed by atoms with Gasteiger partial charge in [0, 0.05) is 12.2 Å². The molecule has 0 unspecified atom stereocenters. The first-order valence-electron chi connectivity index (χ1n) is 12.3. The van der Waals surface area contributed by atoms with E-state index in [1.165, 1.54) is 7.11 Å². The maximum absolute atomic E-state index is 13.6. The molecule has 190 valence electrons. The van der Waals surface area contributed by atoms with Gasteiger partial charge in [-0.05, 0) is 35.7 Å². The second-order valence-corrected chi connectivity index (χ2v) is 9.45. The fourth-order valence-corrected chi connectivity index (χ4v) is 5.09. The van der Waals surface area contributed by atoms with Gasteiger partial charge in [-0.25, -0.2) is 0 Å². The molecule has 7 nitrogen and oxygen atoms in total. The van der Waals surface area contributed by atoms with Gasteiger partial charge in [-0.2, -0.15) is 0 Å². The number of hydrogen-bond donors (Lipinski definition) is 1. The molecule has 0 saturated carbocycles. The van der Waals surface area contributed by atoms with Crippen LogP contribution in [0.2, 0.25) is 0 Å². The molecule has 2 aliphatic heterocycles. The Kier molecular flexibility index (Phi) is 8.23. The number of rotatable bonds is 11. The molecular formula is C29H34N2O5. The average molecular weight is 491 g/mol. The molecule has 1 fully saturated rings. The lowest BCUT2D eigenvalue weighted by Crippen LogP contribution is -2.58. The zero-order chi connectivity index (χ0) is 25.7. The second-order valence-electron chi connectivity index (χ2n) is 9.45. The van der Waals surface area contributed by atoms with E-state index in [2.05, 4.69) is 11.9 Å². The third-order valence-electron chi connectivity index (χ3n) is 6.69. The molecule has 5 atom stereocenters. The van der Waals surface area contributed by atoms with Crippen LogP contribution in [0.3, 0.4) is 0 Å². The van der Waals surface area contributed by atoms with E-state index in [1.807, 2.05) is 85.5 Å². The third-order valence-corrected chi connectivity index (χ3v) is 6.69. The van der Waals surface area contributed by atoms with Crippen molar-refractivity contribution in [3.8, 4) is 5.75 Å². The molecule has 0 spiro atoms. The lowest BCUT2D eigenvalue weighted by atomic mass is 9.85. The van der Waals surface area contributed by atoms with E-state index in [9.17, 15) is 9.59 Å². The predicted molar refractivity (Wildman–Crippen MR) is 138 cm³/mol. The molecule has 2 aromatic carbocycles. The molecule has 1 amide bonds. The van der Waals surface area contributed by atoms with Crippen LogP contribution in [0.25, 0.3) is 0 Å². The van der Waals surface area contributed by atoms with Crippen LogP contribution >= 0.6 is 0 Å². The van der Waals surface area contributed by atoms with Gasteiger partial charge in [0.15, 0.2) is 0 Å². The average Bonchev–Trinajstić information content (AvgIpc) is 3.50. The van der Waals surface area contributed by atoms with Crippen molar-refractivity contribution in [3.05, 3.63) is 85.0 Å². The van der Waals surface area contributed by atoms with Crippen molar-refractivity contribution in [2.75, 3.05) is 19.0 Å². The predicted octanol–water partition coefficient (Wildman–Crippen LogP) is 4.21. The van der Waals surface area contributed by atoms with Crippen LogP contribution in [0.5, 0.6) is 5.75 Å². The van der Waals surface area contributed by atoms with E-state index in [1.54, 1.807) is 6.08 Å². The van der Waals surface area contributed by atoms with E-state index >= 15 is 0 Å². The van der Waals surface area contributed by atoms with Gasteiger partial charge in [0.25, 0.3) is 0 Å². The fraction of sp³-hybridized carbons (Fsp3) is 0.379. The summed E-state index contributed by atoms with van der Waals surface area (Å²) in [6.45, 7) is 8.80.